The van der Waals surface area contributed by atoms with Crippen LogP contribution >= 0.6 is 27.3 Å². The van der Waals surface area contributed by atoms with Gasteiger partial charge in [-0.15, -0.1) is 11.3 Å². The van der Waals surface area contributed by atoms with Gasteiger partial charge in [0.15, 0.2) is 0 Å². The molecule has 1 atom stereocenters. The van der Waals surface area contributed by atoms with E-state index in [1.165, 1.54) is 16.0 Å². The standard InChI is InChI=1S/C14H15BrOS/c1-10-2-4-11(5-3-10)12(9-16)8-13-6-7-14(15)17-13/h2-7,12,16H,8-9H2,1H3. The van der Waals surface area contributed by atoms with Crippen molar-refractivity contribution >= 4 is 27.3 Å². The van der Waals surface area contributed by atoms with Gasteiger partial charge in [0.05, 0.1) is 10.4 Å². The molecular formula is C14H15BrOS. The molecule has 17 heavy (non-hydrogen) atoms. The second-order valence-electron chi connectivity index (χ2n) is 4.20. The molecule has 1 N–H and O–H groups in total. The average Bonchev–Trinajstić information content (AvgIpc) is 2.73. The van der Waals surface area contributed by atoms with Gasteiger partial charge < -0.3 is 5.11 Å². The van der Waals surface area contributed by atoms with Crippen molar-refractivity contribution in [1.82, 2.24) is 0 Å². The minimum Gasteiger partial charge on any atom is -0.396 e. The molecule has 0 aliphatic heterocycles. The minimum atomic E-state index is 0.193. The minimum absolute atomic E-state index is 0.193. The van der Waals surface area contributed by atoms with Gasteiger partial charge >= 0.3 is 0 Å². The Labute approximate surface area is 114 Å². The third-order valence-corrected chi connectivity index (χ3v) is 4.49. The molecule has 90 valence electrons. The van der Waals surface area contributed by atoms with E-state index in [4.69, 9.17) is 0 Å². The lowest BCUT2D eigenvalue weighted by molar-refractivity contribution is 0.265. The first-order chi connectivity index (χ1) is 8.19. The lowest BCUT2D eigenvalue weighted by Crippen LogP contribution is -2.06. The molecule has 0 saturated heterocycles. The molecule has 0 fully saturated rings. The number of aliphatic hydroxyl groups is 1. The van der Waals surface area contributed by atoms with Crippen LogP contribution in [0.4, 0.5) is 0 Å². The Kier molecular flexibility index (Phi) is 4.37. The molecule has 0 amide bonds. The summed E-state index contributed by atoms with van der Waals surface area (Å²) in [4.78, 5) is 1.30. The Balaban J connectivity index is 2.13. The second kappa shape index (κ2) is 5.80. The highest BCUT2D eigenvalue weighted by atomic mass is 79.9. The molecule has 0 aliphatic carbocycles. The first-order valence-electron chi connectivity index (χ1n) is 5.60. The van der Waals surface area contributed by atoms with E-state index >= 15 is 0 Å². The first-order valence-corrected chi connectivity index (χ1v) is 7.21. The molecule has 0 spiro atoms. The van der Waals surface area contributed by atoms with Gasteiger partial charge in [-0.2, -0.15) is 0 Å². The van der Waals surface area contributed by atoms with Crippen LogP contribution < -0.4 is 0 Å². The van der Waals surface area contributed by atoms with Gasteiger partial charge in [-0.1, -0.05) is 29.8 Å². The quantitative estimate of drug-likeness (QED) is 0.900. The Bertz CT molecular complexity index is 475. The van der Waals surface area contributed by atoms with Crippen molar-refractivity contribution in [3.8, 4) is 0 Å². The van der Waals surface area contributed by atoms with E-state index in [0.717, 1.165) is 10.2 Å². The van der Waals surface area contributed by atoms with Gasteiger partial charge in [0.1, 0.15) is 0 Å². The molecule has 3 heteroatoms. The van der Waals surface area contributed by atoms with Gasteiger partial charge in [0.25, 0.3) is 0 Å². The Morgan fingerprint density at radius 3 is 2.41 bits per heavy atom. The normalized spacial score (nSPS) is 12.6. The van der Waals surface area contributed by atoms with Gasteiger partial charge in [-0.05, 0) is 47.0 Å². The molecule has 1 aromatic carbocycles. The summed E-state index contributed by atoms with van der Waals surface area (Å²) in [5, 5.41) is 9.51. The SMILES string of the molecule is Cc1ccc(C(CO)Cc2ccc(Br)s2)cc1. The summed E-state index contributed by atoms with van der Waals surface area (Å²) in [6.07, 6.45) is 0.899. The van der Waals surface area contributed by atoms with E-state index in [0.29, 0.717) is 0 Å². The smallest absolute Gasteiger partial charge is 0.0701 e. The van der Waals surface area contributed by atoms with Crippen molar-refractivity contribution in [2.24, 2.45) is 0 Å². The Hall–Kier alpha value is -0.640. The van der Waals surface area contributed by atoms with Gasteiger partial charge in [0, 0.05) is 10.8 Å². The maximum absolute atomic E-state index is 9.51. The van der Waals surface area contributed by atoms with Crippen LogP contribution in [0.25, 0.3) is 0 Å². The lowest BCUT2D eigenvalue weighted by Gasteiger charge is -2.13. The van der Waals surface area contributed by atoms with E-state index in [1.54, 1.807) is 11.3 Å². The first kappa shape index (κ1) is 12.8. The number of hydrogen-bond acceptors (Lipinski definition) is 2. The van der Waals surface area contributed by atoms with E-state index in [-0.39, 0.29) is 12.5 Å². The molecule has 1 unspecified atom stereocenters. The molecule has 1 aromatic heterocycles. The number of aliphatic hydroxyl groups excluding tert-OH is 1. The summed E-state index contributed by atoms with van der Waals surface area (Å²) in [5.74, 6) is 0.196. The van der Waals surface area contributed by atoms with Crippen LogP contribution in [0.5, 0.6) is 0 Å². The van der Waals surface area contributed by atoms with Crippen molar-refractivity contribution in [2.45, 2.75) is 19.3 Å². The zero-order valence-electron chi connectivity index (χ0n) is 9.69. The highest BCUT2D eigenvalue weighted by Crippen LogP contribution is 2.28. The molecular weight excluding hydrogens is 296 g/mol. The maximum atomic E-state index is 9.51. The summed E-state index contributed by atoms with van der Waals surface area (Å²) in [6.45, 7) is 2.27. The lowest BCUT2D eigenvalue weighted by atomic mass is 9.95. The number of benzene rings is 1. The van der Waals surface area contributed by atoms with E-state index in [1.807, 2.05) is 0 Å². The van der Waals surface area contributed by atoms with Crippen molar-refractivity contribution < 1.29 is 5.11 Å². The number of halogens is 1. The van der Waals surface area contributed by atoms with Gasteiger partial charge in [-0.25, -0.2) is 0 Å². The Morgan fingerprint density at radius 1 is 1.18 bits per heavy atom. The fraction of sp³-hybridized carbons (Fsp3) is 0.286. The number of hydrogen-bond donors (Lipinski definition) is 1. The predicted octanol–water partition coefficient (Wildman–Crippen LogP) is 4.14. The fourth-order valence-corrected chi connectivity index (χ4v) is 3.39. The monoisotopic (exact) mass is 310 g/mol. The molecule has 1 nitrogen and oxygen atoms in total. The van der Waals surface area contributed by atoms with Crippen LogP contribution in [0.15, 0.2) is 40.2 Å². The summed E-state index contributed by atoms with van der Waals surface area (Å²) < 4.78 is 1.15. The van der Waals surface area contributed by atoms with Crippen molar-refractivity contribution in [3.63, 3.8) is 0 Å². The zero-order valence-corrected chi connectivity index (χ0v) is 12.1. The van der Waals surface area contributed by atoms with Crippen LogP contribution in [0, 0.1) is 6.92 Å². The van der Waals surface area contributed by atoms with Crippen LogP contribution in [0.2, 0.25) is 0 Å². The highest BCUT2D eigenvalue weighted by Gasteiger charge is 2.12. The van der Waals surface area contributed by atoms with Gasteiger partial charge in [-0.3, -0.25) is 0 Å². The summed E-state index contributed by atoms with van der Waals surface area (Å²) in [7, 11) is 0. The molecule has 1 heterocycles. The number of rotatable bonds is 4. The van der Waals surface area contributed by atoms with Crippen LogP contribution in [0.3, 0.4) is 0 Å². The predicted molar refractivity (Wildman–Crippen MR) is 76.7 cm³/mol. The number of thiophene rings is 1. The van der Waals surface area contributed by atoms with Crippen molar-refractivity contribution in [2.75, 3.05) is 6.61 Å². The Morgan fingerprint density at radius 2 is 1.88 bits per heavy atom. The van der Waals surface area contributed by atoms with E-state index in [2.05, 4.69) is 59.3 Å². The van der Waals surface area contributed by atoms with E-state index in [9.17, 15) is 5.11 Å². The van der Waals surface area contributed by atoms with Crippen molar-refractivity contribution in [1.29, 1.82) is 0 Å². The van der Waals surface area contributed by atoms with Crippen molar-refractivity contribution in [3.05, 3.63) is 56.2 Å². The van der Waals surface area contributed by atoms with Crippen LogP contribution in [-0.4, -0.2) is 11.7 Å². The summed E-state index contributed by atoms with van der Waals surface area (Å²) >= 11 is 5.20. The fourth-order valence-electron chi connectivity index (χ4n) is 1.83. The topological polar surface area (TPSA) is 20.2 Å². The van der Waals surface area contributed by atoms with Crippen LogP contribution in [-0.2, 0) is 6.42 Å². The molecule has 2 aromatic rings. The molecule has 0 saturated carbocycles. The largest absolute Gasteiger partial charge is 0.396 e. The molecule has 2 rings (SSSR count). The summed E-state index contributed by atoms with van der Waals surface area (Å²) in [6, 6.07) is 12.6. The molecule has 0 radical (unpaired) electrons. The highest BCUT2D eigenvalue weighted by molar-refractivity contribution is 9.11. The zero-order chi connectivity index (χ0) is 12.3. The van der Waals surface area contributed by atoms with E-state index < -0.39 is 0 Å². The molecule has 0 bridgehead atoms. The summed E-state index contributed by atoms with van der Waals surface area (Å²) in [5.41, 5.74) is 2.46. The van der Waals surface area contributed by atoms with Gasteiger partial charge in [0.2, 0.25) is 0 Å². The third-order valence-electron chi connectivity index (χ3n) is 2.85. The maximum Gasteiger partial charge on any atom is 0.0701 e. The van der Waals surface area contributed by atoms with Crippen LogP contribution in [0.1, 0.15) is 21.9 Å². The molecule has 0 aliphatic rings. The second-order valence-corrected chi connectivity index (χ2v) is 6.75. The third kappa shape index (κ3) is 3.41. The average molecular weight is 311 g/mol. The number of aryl methyl sites for hydroxylation is 1.